The van der Waals surface area contributed by atoms with E-state index >= 15 is 0 Å². The Morgan fingerprint density at radius 1 is 1.10 bits per heavy atom. The average molecular weight is 456 g/mol. The van der Waals surface area contributed by atoms with Crippen molar-refractivity contribution in [2.45, 2.75) is 62.9 Å². The van der Waals surface area contributed by atoms with Crippen LogP contribution in [0.5, 0.6) is 0 Å². The summed E-state index contributed by atoms with van der Waals surface area (Å²) in [6.07, 6.45) is -2.46. The second-order valence-electron chi connectivity index (χ2n) is 8.37. The first kappa shape index (κ1) is 23.3. The lowest BCUT2D eigenvalue weighted by atomic mass is 9.90. The van der Waals surface area contributed by atoms with Gasteiger partial charge >= 0.3 is 12.3 Å². The number of nitrogens with zero attached hydrogens (tertiary/aromatic N) is 1. The fourth-order valence-corrected chi connectivity index (χ4v) is 5.59. The third kappa shape index (κ3) is 6.07. The molecule has 2 heterocycles. The van der Waals surface area contributed by atoms with Crippen molar-refractivity contribution in [3.63, 3.8) is 0 Å². The van der Waals surface area contributed by atoms with Gasteiger partial charge in [0.15, 0.2) is 12.4 Å². The minimum atomic E-state index is -4.58. The molecular formula is C18H27F3N2O6S. The SMILES string of the molecule is CS(=O)(=O)N[C@H]1CCC2C(=O)COC(=O)N(CC(F)(F)F)C3CCC(CC3)OCC21. The standard InChI is InChI=1S/C18H27F3N2O6S/c1-30(26,27)22-15-7-6-13-14(15)8-28-12-4-2-11(3-5-12)23(10-18(19,20)21)17(25)29-9-16(13)24/h11-15,22H,2-10H2,1H3/t11?,12?,13?,14?,15-/m0/s1. The van der Waals surface area contributed by atoms with Gasteiger partial charge in [0.25, 0.3) is 0 Å². The molecule has 2 aliphatic heterocycles. The Balaban J connectivity index is 1.79. The summed E-state index contributed by atoms with van der Waals surface area (Å²) in [5.74, 6) is -1.45. The maximum atomic E-state index is 13.0. The van der Waals surface area contributed by atoms with Gasteiger partial charge in [-0.15, -0.1) is 0 Å². The molecule has 4 fully saturated rings. The zero-order chi connectivity index (χ0) is 22.1. The molecule has 172 valence electrons. The molecular weight excluding hydrogens is 429 g/mol. The number of amides is 1. The summed E-state index contributed by atoms with van der Waals surface area (Å²) in [6.45, 7) is -1.90. The van der Waals surface area contributed by atoms with Crippen molar-refractivity contribution in [1.82, 2.24) is 9.62 Å². The maximum absolute atomic E-state index is 13.0. The normalized spacial score (nSPS) is 34.0. The molecule has 2 saturated carbocycles. The van der Waals surface area contributed by atoms with Crippen LogP contribution in [0, 0.1) is 11.8 Å². The van der Waals surface area contributed by atoms with Crippen molar-refractivity contribution in [3.05, 3.63) is 0 Å². The van der Waals surface area contributed by atoms with E-state index in [1.165, 1.54) is 0 Å². The minimum absolute atomic E-state index is 0.166. The highest BCUT2D eigenvalue weighted by atomic mass is 32.2. The Hall–Kier alpha value is -1.40. The second kappa shape index (κ2) is 8.99. The first-order valence-electron chi connectivity index (χ1n) is 10.0. The first-order valence-corrected chi connectivity index (χ1v) is 11.9. The van der Waals surface area contributed by atoms with Crippen molar-refractivity contribution in [3.8, 4) is 0 Å². The third-order valence-corrected chi connectivity index (χ3v) is 6.86. The Labute approximate surface area is 173 Å². The highest BCUT2D eigenvalue weighted by Crippen LogP contribution is 2.36. The number of halogens is 3. The number of carbonyl (C=O) groups excluding carboxylic acids is 2. The third-order valence-electron chi connectivity index (χ3n) is 6.13. The van der Waals surface area contributed by atoms with Gasteiger partial charge in [0.2, 0.25) is 10.0 Å². The number of nitrogens with one attached hydrogen (secondary N) is 1. The van der Waals surface area contributed by atoms with Crippen LogP contribution in [0.15, 0.2) is 0 Å². The van der Waals surface area contributed by atoms with Gasteiger partial charge in [0, 0.05) is 23.9 Å². The zero-order valence-corrected chi connectivity index (χ0v) is 17.5. The van der Waals surface area contributed by atoms with Crippen LogP contribution in [0.3, 0.4) is 0 Å². The predicted molar refractivity (Wildman–Crippen MR) is 99.1 cm³/mol. The van der Waals surface area contributed by atoms with Gasteiger partial charge < -0.3 is 9.47 Å². The van der Waals surface area contributed by atoms with Crippen LogP contribution in [0.2, 0.25) is 0 Å². The molecule has 2 aliphatic carbocycles. The van der Waals surface area contributed by atoms with Crippen LogP contribution in [0.25, 0.3) is 0 Å². The number of hydrogen-bond acceptors (Lipinski definition) is 6. The van der Waals surface area contributed by atoms with E-state index in [-0.39, 0.29) is 12.7 Å². The van der Waals surface area contributed by atoms with Gasteiger partial charge in [-0.1, -0.05) is 0 Å². The Kier molecular flexibility index (Phi) is 6.97. The van der Waals surface area contributed by atoms with Crippen molar-refractivity contribution in [2.24, 2.45) is 11.8 Å². The van der Waals surface area contributed by atoms with Crippen molar-refractivity contribution in [1.29, 1.82) is 0 Å². The van der Waals surface area contributed by atoms with Crippen LogP contribution < -0.4 is 4.72 Å². The largest absolute Gasteiger partial charge is 0.441 e. The van der Waals surface area contributed by atoms with Crippen LogP contribution in [0.1, 0.15) is 38.5 Å². The van der Waals surface area contributed by atoms with E-state index in [1.807, 2.05) is 0 Å². The molecule has 0 spiro atoms. The van der Waals surface area contributed by atoms with E-state index in [0.29, 0.717) is 43.4 Å². The molecule has 12 heteroatoms. The Morgan fingerprint density at radius 3 is 2.37 bits per heavy atom. The Bertz CT molecular complexity index is 752. The second-order valence-corrected chi connectivity index (χ2v) is 10.2. The molecule has 4 aliphatic rings. The number of rotatable bonds is 3. The summed E-state index contributed by atoms with van der Waals surface area (Å²) < 4.78 is 75.8. The zero-order valence-electron chi connectivity index (χ0n) is 16.7. The molecule has 0 radical (unpaired) electrons. The topological polar surface area (TPSA) is 102 Å². The fourth-order valence-electron chi connectivity index (χ4n) is 4.75. The van der Waals surface area contributed by atoms with E-state index in [1.54, 1.807) is 0 Å². The van der Waals surface area contributed by atoms with E-state index in [2.05, 4.69) is 4.72 Å². The molecule has 4 rings (SSSR count). The summed E-state index contributed by atoms with van der Waals surface area (Å²) in [6, 6.07) is -1.11. The van der Waals surface area contributed by atoms with Gasteiger partial charge in [-0.2, -0.15) is 13.2 Å². The summed E-state index contributed by atoms with van der Waals surface area (Å²) in [7, 11) is -3.49. The summed E-state index contributed by atoms with van der Waals surface area (Å²) in [5, 5.41) is 0. The van der Waals surface area contributed by atoms with E-state index in [9.17, 15) is 31.2 Å². The molecule has 2 unspecified atom stereocenters. The summed E-state index contributed by atoms with van der Waals surface area (Å²) in [4.78, 5) is 25.7. The molecule has 8 nitrogen and oxygen atoms in total. The number of fused-ring (bicyclic) bond motifs is 7. The summed E-state index contributed by atoms with van der Waals surface area (Å²) in [5.41, 5.74) is 0. The molecule has 1 amide bonds. The van der Waals surface area contributed by atoms with Crippen molar-refractivity contribution in [2.75, 3.05) is 26.0 Å². The molecule has 2 bridgehead atoms. The van der Waals surface area contributed by atoms with Gasteiger partial charge in [-0.3, -0.25) is 9.69 Å². The van der Waals surface area contributed by atoms with Crippen molar-refractivity contribution < 1.29 is 40.7 Å². The quantitative estimate of drug-likeness (QED) is 0.696. The first-order chi connectivity index (χ1) is 13.9. The summed E-state index contributed by atoms with van der Waals surface area (Å²) >= 11 is 0. The average Bonchev–Trinajstić information content (AvgIpc) is 3.02. The fraction of sp³-hybridized carbons (Fsp3) is 0.889. The minimum Gasteiger partial charge on any atom is -0.441 e. The van der Waals surface area contributed by atoms with Crippen LogP contribution >= 0.6 is 0 Å². The van der Waals surface area contributed by atoms with Gasteiger partial charge in [0.1, 0.15) is 6.54 Å². The smallest absolute Gasteiger partial charge is 0.410 e. The molecule has 30 heavy (non-hydrogen) atoms. The highest BCUT2D eigenvalue weighted by Gasteiger charge is 2.44. The number of ether oxygens (including phenoxy) is 2. The van der Waals surface area contributed by atoms with Crippen molar-refractivity contribution >= 4 is 21.9 Å². The molecule has 0 aromatic heterocycles. The number of hydrogen-bond donors (Lipinski definition) is 1. The van der Waals surface area contributed by atoms with Gasteiger partial charge in [0.05, 0.1) is 19.0 Å². The highest BCUT2D eigenvalue weighted by molar-refractivity contribution is 7.88. The lowest BCUT2D eigenvalue weighted by Gasteiger charge is -2.36. The number of ketones is 1. The van der Waals surface area contributed by atoms with E-state index < -0.39 is 65.1 Å². The number of Topliss-reactive ketones (excluding diaryl/α,β-unsaturated/α-hetero) is 1. The van der Waals surface area contributed by atoms with Crippen LogP contribution in [-0.4, -0.2) is 75.6 Å². The van der Waals surface area contributed by atoms with Gasteiger partial charge in [-0.05, 0) is 38.5 Å². The lowest BCUT2D eigenvalue weighted by molar-refractivity contribution is -0.149. The molecule has 3 atom stereocenters. The monoisotopic (exact) mass is 456 g/mol. The molecule has 0 aromatic rings. The van der Waals surface area contributed by atoms with Crippen LogP contribution in [-0.2, 0) is 24.3 Å². The molecule has 2 saturated heterocycles. The lowest BCUT2D eigenvalue weighted by Crippen LogP contribution is -2.48. The predicted octanol–water partition coefficient (Wildman–Crippen LogP) is 1.84. The Morgan fingerprint density at radius 2 is 1.77 bits per heavy atom. The van der Waals surface area contributed by atoms with Crippen LogP contribution in [0.4, 0.5) is 18.0 Å². The number of sulfonamides is 1. The maximum Gasteiger partial charge on any atom is 0.410 e. The molecule has 0 aromatic carbocycles. The van der Waals surface area contributed by atoms with E-state index in [0.717, 1.165) is 6.26 Å². The molecule has 1 N–H and O–H groups in total. The van der Waals surface area contributed by atoms with E-state index in [4.69, 9.17) is 9.47 Å². The number of carbonyl (C=O) groups is 2. The van der Waals surface area contributed by atoms with Gasteiger partial charge in [-0.25, -0.2) is 17.9 Å². The number of alkyl halides is 3.